The second-order valence-corrected chi connectivity index (χ2v) is 6.27. The number of carbonyl (C=O) groups is 1. The highest BCUT2D eigenvalue weighted by molar-refractivity contribution is 5.76. The molecule has 5 heteroatoms. The zero-order chi connectivity index (χ0) is 15.5. The number of hydrogen-bond donors (Lipinski definition) is 2. The van der Waals surface area contributed by atoms with Gasteiger partial charge in [-0.05, 0) is 43.7 Å². The van der Waals surface area contributed by atoms with Crippen molar-refractivity contribution in [3.8, 4) is 0 Å². The maximum absolute atomic E-state index is 13.7. The SMILES string of the molecule is O=C(NC1CC1c1ccccc1F)N(CCCCO)C1CC1. The number of amides is 2. The lowest BCUT2D eigenvalue weighted by atomic mass is 10.1. The number of nitrogens with zero attached hydrogens (tertiary/aromatic N) is 1. The lowest BCUT2D eigenvalue weighted by Crippen LogP contribution is -2.43. The van der Waals surface area contributed by atoms with Gasteiger partial charge in [0.25, 0.3) is 0 Å². The molecule has 0 bridgehead atoms. The first-order chi connectivity index (χ1) is 10.7. The van der Waals surface area contributed by atoms with Crippen LogP contribution < -0.4 is 5.32 Å². The molecule has 0 saturated heterocycles. The molecular weight excluding hydrogens is 283 g/mol. The minimum Gasteiger partial charge on any atom is -0.396 e. The van der Waals surface area contributed by atoms with Crippen molar-refractivity contribution in [2.45, 2.75) is 50.1 Å². The van der Waals surface area contributed by atoms with Gasteiger partial charge >= 0.3 is 6.03 Å². The maximum atomic E-state index is 13.7. The van der Waals surface area contributed by atoms with E-state index in [1.54, 1.807) is 12.1 Å². The minimum absolute atomic E-state index is 0.0377. The Hall–Kier alpha value is -1.62. The van der Waals surface area contributed by atoms with Crippen molar-refractivity contribution in [3.63, 3.8) is 0 Å². The third-order valence-electron chi connectivity index (χ3n) is 4.46. The minimum atomic E-state index is -0.189. The number of aliphatic hydroxyl groups excluding tert-OH is 1. The third-order valence-corrected chi connectivity index (χ3v) is 4.46. The van der Waals surface area contributed by atoms with Crippen LogP contribution in [-0.2, 0) is 0 Å². The summed E-state index contributed by atoms with van der Waals surface area (Å²) in [7, 11) is 0. The smallest absolute Gasteiger partial charge is 0.317 e. The summed E-state index contributed by atoms with van der Waals surface area (Å²) in [6.45, 7) is 0.853. The van der Waals surface area contributed by atoms with Gasteiger partial charge in [-0.1, -0.05) is 18.2 Å². The van der Waals surface area contributed by atoms with Crippen molar-refractivity contribution in [2.75, 3.05) is 13.2 Å². The van der Waals surface area contributed by atoms with Gasteiger partial charge in [-0.2, -0.15) is 0 Å². The Bertz CT molecular complexity index is 533. The summed E-state index contributed by atoms with van der Waals surface area (Å²) in [4.78, 5) is 14.3. The van der Waals surface area contributed by atoms with Crippen molar-refractivity contribution in [1.82, 2.24) is 10.2 Å². The highest BCUT2D eigenvalue weighted by Gasteiger charge is 2.42. The molecule has 4 nitrogen and oxygen atoms in total. The second kappa shape index (κ2) is 6.65. The van der Waals surface area contributed by atoms with E-state index in [0.29, 0.717) is 18.2 Å². The first-order valence-corrected chi connectivity index (χ1v) is 8.13. The van der Waals surface area contributed by atoms with Crippen LogP contribution in [0.4, 0.5) is 9.18 Å². The average Bonchev–Trinajstić information content (AvgIpc) is 3.39. The number of halogens is 1. The molecule has 0 aliphatic heterocycles. The van der Waals surface area contributed by atoms with E-state index in [1.165, 1.54) is 6.07 Å². The summed E-state index contributed by atoms with van der Waals surface area (Å²) in [5.41, 5.74) is 0.700. The fourth-order valence-electron chi connectivity index (χ4n) is 2.95. The predicted molar refractivity (Wildman–Crippen MR) is 82.1 cm³/mol. The first kappa shape index (κ1) is 15.3. The standard InChI is InChI=1S/C17H23FN2O2/c18-15-6-2-1-5-13(15)14-11-16(14)19-17(22)20(12-7-8-12)9-3-4-10-21/h1-2,5-6,12,14,16,21H,3-4,7-11H2,(H,19,22). The number of rotatable bonds is 7. The molecule has 0 spiro atoms. The number of aliphatic hydroxyl groups is 1. The summed E-state index contributed by atoms with van der Waals surface area (Å²) in [6.07, 6.45) is 4.48. The van der Waals surface area contributed by atoms with E-state index < -0.39 is 0 Å². The zero-order valence-corrected chi connectivity index (χ0v) is 12.7. The van der Waals surface area contributed by atoms with E-state index in [-0.39, 0.29) is 30.4 Å². The number of hydrogen-bond acceptors (Lipinski definition) is 2. The average molecular weight is 306 g/mol. The molecule has 2 aliphatic rings. The van der Waals surface area contributed by atoms with Crippen molar-refractivity contribution < 1.29 is 14.3 Å². The van der Waals surface area contributed by atoms with E-state index >= 15 is 0 Å². The molecule has 0 radical (unpaired) electrons. The number of benzene rings is 1. The third kappa shape index (κ3) is 3.58. The largest absolute Gasteiger partial charge is 0.396 e. The molecule has 2 N–H and O–H groups in total. The van der Waals surface area contributed by atoms with Gasteiger partial charge in [0.2, 0.25) is 0 Å². The molecule has 1 aromatic rings. The Morgan fingerprint density at radius 1 is 1.32 bits per heavy atom. The van der Waals surface area contributed by atoms with Crippen molar-refractivity contribution in [3.05, 3.63) is 35.6 Å². The molecule has 0 aromatic heterocycles. The van der Waals surface area contributed by atoms with Gasteiger partial charge in [-0.25, -0.2) is 9.18 Å². The van der Waals surface area contributed by atoms with Crippen LogP contribution in [0, 0.1) is 5.82 Å². The van der Waals surface area contributed by atoms with Gasteiger partial charge in [-0.3, -0.25) is 0 Å². The Balaban J connectivity index is 1.52. The Labute approximate surface area is 130 Å². The van der Waals surface area contributed by atoms with Crippen LogP contribution in [0.5, 0.6) is 0 Å². The number of nitrogens with one attached hydrogen (secondary N) is 1. The highest BCUT2D eigenvalue weighted by atomic mass is 19.1. The molecule has 2 unspecified atom stereocenters. The Kier molecular flexibility index (Phi) is 4.62. The van der Waals surface area contributed by atoms with Gasteiger partial charge in [0.15, 0.2) is 0 Å². The molecule has 22 heavy (non-hydrogen) atoms. The van der Waals surface area contributed by atoms with Gasteiger partial charge in [0.1, 0.15) is 5.82 Å². The lowest BCUT2D eigenvalue weighted by molar-refractivity contribution is 0.190. The number of unbranched alkanes of at least 4 members (excludes halogenated alkanes) is 1. The Morgan fingerprint density at radius 2 is 2.09 bits per heavy atom. The highest BCUT2D eigenvalue weighted by Crippen LogP contribution is 2.42. The van der Waals surface area contributed by atoms with E-state index in [0.717, 1.165) is 32.1 Å². The van der Waals surface area contributed by atoms with Crippen LogP contribution >= 0.6 is 0 Å². The van der Waals surface area contributed by atoms with E-state index in [1.807, 2.05) is 11.0 Å². The quantitative estimate of drug-likeness (QED) is 0.761. The maximum Gasteiger partial charge on any atom is 0.317 e. The fourth-order valence-corrected chi connectivity index (χ4v) is 2.95. The zero-order valence-electron chi connectivity index (χ0n) is 12.7. The van der Waals surface area contributed by atoms with E-state index in [9.17, 15) is 9.18 Å². The molecule has 2 saturated carbocycles. The molecular formula is C17H23FN2O2. The summed E-state index contributed by atoms with van der Waals surface area (Å²) < 4.78 is 13.7. The van der Waals surface area contributed by atoms with Crippen molar-refractivity contribution in [2.24, 2.45) is 0 Å². The predicted octanol–water partition coefficient (Wildman–Crippen LogP) is 2.63. The van der Waals surface area contributed by atoms with Crippen molar-refractivity contribution in [1.29, 1.82) is 0 Å². The summed E-state index contributed by atoms with van der Waals surface area (Å²) >= 11 is 0. The van der Waals surface area contributed by atoms with Crippen molar-refractivity contribution >= 4 is 6.03 Å². The Morgan fingerprint density at radius 3 is 2.77 bits per heavy atom. The first-order valence-electron chi connectivity index (χ1n) is 8.13. The normalized spacial score (nSPS) is 23.2. The van der Waals surface area contributed by atoms with Crippen LogP contribution in [0.3, 0.4) is 0 Å². The molecule has 2 fully saturated rings. The van der Waals surface area contributed by atoms with Crippen LogP contribution in [0.15, 0.2) is 24.3 Å². The lowest BCUT2D eigenvalue weighted by Gasteiger charge is -2.23. The van der Waals surface area contributed by atoms with Crippen LogP contribution in [0.1, 0.15) is 43.6 Å². The van der Waals surface area contributed by atoms with Crippen LogP contribution in [0.25, 0.3) is 0 Å². The van der Waals surface area contributed by atoms with Gasteiger partial charge in [-0.15, -0.1) is 0 Å². The van der Waals surface area contributed by atoms with Crippen LogP contribution in [0.2, 0.25) is 0 Å². The monoisotopic (exact) mass is 306 g/mol. The van der Waals surface area contributed by atoms with E-state index in [2.05, 4.69) is 5.32 Å². The number of urea groups is 1. The molecule has 2 aliphatic carbocycles. The van der Waals surface area contributed by atoms with Crippen LogP contribution in [-0.4, -0.2) is 41.3 Å². The second-order valence-electron chi connectivity index (χ2n) is 6.27. The van der Waals surface area contributed by atoms with Gasteiger partial charge in [0, 0.05) is 31.2 Å². The molecule has 2 amide bonds. The topological polar surface area (TPSA) is 52.6 Å². The molecule has 120 valence electrons. The molecule has 1 aromatic carbocycles. The fraction of sp³-hybridized carbons (Fsp3) is 0.588. The molecule has 0 heterocycles. The van der Waals surface area contributed by atoms with Gasteiger partial charge < -0.3 is 15.3 Å². The molecule has 2 atom stereocenters. The molecule has 3 rings (SSSR count). The summed E-state index contributed by atoms with van der Waals surface area (Å²) in [6, 6.07) is 7.15. The summed E-state index contributed by atoms with van der Waals surface area (Å²) in [5.74, 6) is -0.0881. The van der Waals surface area contributed by atoms with Gasteiger partial charge in [0.05, 0.1) is 0 Å². The summed E-state index contributed by atoms with van der Waals surface area (Å²) in [5, 5.41) is 11.9. The number of carbonyl (C=O) groups excluding carboxylic acids is 1. The van der Waals surface area contributed by atoms with E-state index in [4.69, 9.17) is 5.11 Å².